The Balaban J connectivity index is 3.06. The fourth-order valence-electron chi connectivity index (χ4n) is 0.590. The number of hydrogen-bond donors (Lipinski definition) is 0. The van der Waals surface area contributed by atoms with Gasteiger partial charge in [0.1, 0.15) is 12.5 Å². The van der Waals surface area contributed by atoms with Crippen LogP contribution in [0, 0.1) is 12.1 Å². The molecular formula is C6H2O2. The number of rotatable bonds is 0. The van der Waals surface area contributed by atoms with Gasteiger partial charge < -0.3 is 8.83 Å². The van der Waals surface area contributed by atoms with Crippen LogP contribution < -0.4 is 0 Å². The van der Waals surface area contributed by atoms with E-state index in [0.717, 1.165) is 0 Å². The molecule has 0 aliphatic heterocycles. The lowest BCUT2D eigenvalue weighted by molar-refractivity contribution is 0.609. The van der Waals surface area contributed by atoms with Gasteiger partial charge in [0, 0.05) is 0 Å². The summed E-state index contributed by atoms with van der Waals surface area (Å²) in [5.74, 6) is 0. The van der Waals surface area contributed by atoms with Crippen molar-refractivity contribution in [1.29, 1.82) is 0 Å². The smallest absolute Gasteiger partial charge is 0.180 e. The molecular weight excluding hydrogens is 104 g/mol. The Morgan fingerprint density at radius 2 is 1.50 bits per heavy atom. The van der Waals surface area contributed by atoms with Crippen LogP contribution >= 0.6 is 0 Å². The van der Waals surface area contributed by atoms with Crippen molar-refractivity contribution >= 4 is 11.2 Å². The van der Waals surface area contributed by atoms with Crippen molar-refractivity contribution in [3.05, 3.63) is 24.7 Å². The Hall–Kier alpha value is -1.18. The zero-order valence-electron chi connectivity index (χ0n) is 3.97. The first-order chi connectivity index (χ1) is 3.97. The Bertz CT molecular complexity index is 228. The summed E-state index contributed by atoms with van der Waals surface area (Å²) in [4.78, 5) is 0. The molecule has 0 spiro atoms. The van der Waals surface area contributed by atoms with Crippen molar-refractivity contribution in [1.82, 2.24) is 0 Å². The third-order valence-corrected chi connectivity index (χ3v) is 0.940. The van der Waals surface area contributed by atoms with Crippen LogP contribution in [0.15, 0.2) is 21.4 Å². The summed E-state index contributed by atoms with van der Waals surface area (Å²) in [7, 11) is 0. The van der Waals surface area contributed by atoms with Crippen molar-refractivity contribution in [2.24, 2.45) is 0 Å². The lowest BCUT2D eigenvalue weighted by Crippen LogP contribution is -1.40. The average Bonchev–Trinajstić information content (AvgIpc) is 2.15. The predicted octanol–water partition coefficient (Wildman–Crippen LogP) is 1.63. The third kappa shape index (κ3) is 0.320. The van der Waals surface area contributed by atoms with Crippen molar-refractivity contribution < 1.29 is 8.83 Å². The van der Waals surface area contributed by atoms with Crippen molar-refractivity contribution in [3.63, 3.8) is 0 Å². The van der Waals surface area contributed by atoms with E-state index in [0.29, 0.717) is 11.2 Å². The van der Waals surface area contributed by atoms with E-state index < -0.39 is 0 Å². The lowest BCUT2D eigenvalue weighted by Gasteiger charge is -1.63. The van der Waals surface area contributed by atoms with Crippen LogP contribution in [-0.4, -0.2) is 0 Å². The van der Waals surface area contributed by atoms with Gasteiger partial charge >= 0.3 is 0 Å². The summed E-state index contributed by atoms with van der Waals surface area (Å²) in [6.45, 7) is 0. The molecule has 0 aromatic carbocycles. The first-order valence-electron chi connectivity index (χ1n) is 2.21. The standard InChI is InChI=1S/C6H2O2/c1-3-7-6-2-4-8-5(1)6/h3-4H. The average molecular weight is 106 g/mol. The van der Waals surface area contributed by atoms with Gasteiger partial charge in [-0.15, -0.1) is 0 Å². The maximum absolute atomic E-state index is 4.85. The molecule has 2 rings (SSSR count). The second-order valence-corrected chi connectivity index (χ2v) is 1.42. The normalized spacial score (nSPS) is 10.5. The zero-order valence-corrected chi connectivity index (χ0v) is 3.97. The second-order valence-electron chi connectivity index (χ2n) is 1.42. The van der Waals surface area contributed by atoms with Gasteiger partial charge in [0.15, 0.2) is 11.2 Å². The summed E-state index contributed by atoms with van der Waals surface area (Å²) >= 11 is 0. The van der Waals surface area contributed by atoms with Gasteiger partial charge in [-0.3, -0.25) is 0 Å². The van der Waals surface area contributed by atoms with Crippen LogP contribution in [0.5, 0.6) is 0 Å². The summed E-state index contributed by atoms with van der Waals surface area (Å²) in [6, 6.07) is 5.47. The van der Waals surface area contributed by atoms with E-state index in [1.165, 1.54) is 12.5 Å². The molecule has 2 nitrogen and oxygen atoms in total. The van der Waals surface area contributed by atoms with Gasteiger partial charge in [-0.05, 0) is 0 Å². The van der Waals surface area contributed by atoms with Crippen molar-refractivity contribution in [3.8, 4) is 0 Å². The molecule has 0 amide bonds. The highest BCUT2D eigenvalue weighted by Gasteiger charge is 1.96. The topological polar surface area (TPSA) is 26.3 Å². The summed E-state index contributed by atoms with van der Waals surface area (Å²) in [5, 5.41) is 0. The Kier molecular flexibility index (Phi) is 0.545. The maximum Gasteiger partial charge on any atom is 0.180 e. The van der Waals surface area contributed by atoms with Gasteiger partial charge in [-0.25, -0.2) is 0 Å². The van der Waals surface area contributed by atoms with E-state index in [-0.39, 0.29) is 0 Å². The molecule has 0 bridgehead atoms. The Labute approximate surface area is 45.7 Å². The van der Waals surface area contributed by atoms with Crippen LogP contribution in [0.1, 0.15) is 0 Å². The monoisotopic (exact) mass is 106 g/mol. The first-order valence-corrected chi connectivity index (χ1v) is 2.21. The van der Waals surface area contributed by atoms with Gasteiger partial charge in [-0.1, -0.05) is 0 Å². The fraction of sp³-hybridized carbons (Fsp3) is 0. The van der Waals surface area contributed by atoms with Crippen LogP contribution in [0.3, 0.4) is 0 Å². The van der Waals surface area contributed by atoms with Crippen LogP contribution in [-0.2, 0) is 0 Å². The minimum absolute atomic E-state index is 0.630. The van der Waals surface area contributed by atoms with Crippen LogP contribution in [0.4, 0.5) is 0 Å². The molecule has 0 unspecified atom stereocenters. The molecule has 0 atom stereocenters. The molecule has 0 saturated carbocycles. The van der Waals surface area contributed by atoms with E-state index in [4.69, 9.17) is 8.83 Å². The molecule has 2 heterocycles. The van der Waals surface area contributed by atoms with Gasteiger partial charge in [0.25, 0.3) is 0 Å². The molecule has 0 saturated heterocycles. The summed E-state index contributed by atoms with van der Waals surface area (Å²) < 4.78 is 9.71. The molecule has 0 aliphatic rings. The molecule has 2 radical (unpaired) electrons. The van der Waals surface area contributed by atoms with Gasteiger partial charge in [0.05, 0.1) is 12.1 Å². The minimum Gasteiger partial charge on any atom is -0.459 e. The molecule has 0 N–H and O–H groups in total. The highest BCUT2D eigenvalue weighted by Crippen LogP contribution is 2.12. The summed E-state index contributed by atoms with van der Waals surface area (Å²) in [6.07, 6.45) is 2.90. The fourth-order valence-corrected chi connectivity index (χ4v) is 0.590. The maximum atomic E-state index is 4.85. The molecule has 0 aliphatic carbocycles. The molecule has 0 fully saturated rings. The minimum atomic E-state index is 0.630. The van der Waals surface area contributed by atoms with E-state index in [9.17, 15) is 0 Å². The Morgan fingerprint density at radius 3 is 2.00 bits per heavy atom. The summed E-state index contributed by atoms with van der Waals surface area (Å²) in [5.41, 5.74) is 1.26. The number of fused-ring (bicyclic) bond motifs is 1. The van der Waals surface area contributed by atoms with Gasteiger partial charge in [-0.2, -0.15) is 0 Å². The Morgan fingerprint density at radius 1 is 1.00 bits per heavy atom. The highest BCUT2D eigenvalue weighted by molar-refractivity contribution is 5.68. The van der Waals surface area contributed by atoms with Crippen molar-refractivity contribution in [2.75, 3.05) is 0 Å². The lowest BCUT2D eigenvalue weighted by atomic mass is 10.5. The molecule has 2 aromatic rings. The quantitative estimate of drug-likeness (QED) is 0.510. The zero-order chi connectivity index (χ0) is 5.40. The third-order valence-electron chi connectivity index (χ3n) is 0.940. The van der Waals surface area contributed by atoms with Crippen LogP contribution in [0.25, 0.3) is 11.2 Å². The van der Waals surface area contributed by atoms with E-state index in [1.54, 1.807) is 0 Å². The SMILES string of the molecule is [c]1coc2[c]coc12. The molecule has 2 heteroatoms. The van der Waals surface area contributed by atoms with E-state index in [2.05, 4.69) is 12.1 Å². The van der Waals surface area contributed by atoms with E-state index in [1.807, 2.05) is 0 Å². The number of furan rings is 2. The van der Waals surface area contributed by atoms with Crippen molar-refractivity contribution in [2.45, 2.75) is 0 Å². The van der Waals surface area contributed by atoms with Crippen LogP contribution in [0.2, 0.25) is 0 Å². The van der Waals surface area contributed by atoms with E-state index >= 15 is 0 Å². The largest absolute Gasteiger partial charge is 0.459 e. The first kappa shape index (κ1) is 3.78. The molecule has 8 heavy (non-hydrogen) atoms. The molecule has 2 aromatic heterocycles. The highest BCUT2D eigenvalue weighted by atomic mass is 16.4. The molecule has 38 valence electrons. The number of hydrogen-bond acceptors (Lipinski definition) is 2. The second kappa shape index (κ2) is 1.15. The predicted molar refractivity (Wildman–Crippen MR) is 26.2 cm³/mol. The van der Waals surface area contributed by atoms with Gasteiger partial charge in [0.2, 0.25) is 0 Å².